The molecule has 3 heteroatoms. The second-order valence-electron chi connectivity index (χ2n) is 4.65. The van der Waals surface area contributed by atoms with Gasteiger partial charge in [-0.3, -0.25) is 4.79 Å². The number of nitrogens with one attached hydrogen (secondary N) is 1. The lowest BCUT2D eigenvalue weighted by molar-refractivity contribution is -0.130. The van der Waals surface area contributed by atoms with E-state index in [1.807, 2.05) is 6.92 Å². The Hall–Kier alpha value is -1.30. The van der Waals surface area contributed by atoms with Crippen molar-refractivity contribution >= 4 is 5.91 Å². The van der Waals surface area contributed by atoms with Crippen molar-refractivity contribution in [2.24, 2.45) is 5.41 Å². The molecule has 1 fully saturated rings. The van der Waals surface area contributed by atoms with Crippen LogP contribution in [-0.4, -0.2) is 11.9 Å². The van der Waals surface area contributed by atoms with E-state index in [4.69, 9.17) is 0 Å². The third-order valence-corrected chi connectivity index (χ3v) is 3.25. The molecule has 3 nitrogen and oxygen atoms in total. The third kappa shape index (κ3) is 2.85. The lowest BCUT2D eigenvalue weighted by Gasteiger charge is -2.30. The first kappa shape index (κ1) is 12.8. The molecule has 0 aromatic carbocycles. The zero-order valence-corrected chi connectivity index (χ0v) is 9.96. The molecule has 0 aliphatic heterocycles. The topological polar surface area (TPSA) is 52.9 Å². The Balaban J connectivity index is 2.62. The van der Waals surface area contributed by atoms with Crippen LogP contribution in [0.4, 0.5) is 0 Å². The fourth-order valence-electron chi connectivity index (χ4n) is 2.22. The Bertz CT molecular complexity index is 298. The summed E-state index contributed by atoms with van der Waals surface area (Å²) in [7, 11) is 0. The molecular weight excluding hydrogens is 200 g/mol. The van der Waals surface area contributed by atoms with Gasteiger partial charge in [-0.1, -0.05) is 25.3 Å². The third-order valence-electron chi connectivity index (χ3n) is 3.25. The molecule has 1 N–H and O–H groups in total. The standard InChI is InChI=1S/C13H20N2O/c1-3-7-11(2)15-12(16)13(10-14)8-5-4-6-9-13/h3,11H,1,4-9H2,2H3,(H,15,16). The van der Waals surface area contributed by atoms with E-state index < -0.39 is 5.41 Å². The second-order valence-corrected chi connectivity index (χ2v) is 4.65. The van der Waals surface area contributed by atoms with Gasteiger partial charge in [-0.05, 0) is 26.2 Å². The molecule has 16 heavy (non-hydrogen) atoms. The number of amides is 1. The van der Waals surface area contributed by atoms with Gasteiger partial charge < -0.3 is 5.32 Å². The molecule has 1 atom stereocenters. The molecule has 88 valence electrons. The van der Waals surface area contributed by atoms with E-state index in [1.165, 1.54) is 0 Å². The predicted octanol–water partition coefficient (Wildman–Crippen LogP) is 2.54. The maximum atomic E-state index is 12.1. The van der Waals surface area contributed by atoms with Gasteiger partial charge in [0.05, 0.1) is 6.07 Å². The SMILES string of the molecule is C=CCC(C)NC(=O)C1(C#N)CCCCC1. The summed E-state index contributed by atoms with van der Waals surface area (Å²) in [5.41, 5.74) is -0.770. The molecule has 0 radical (unpaired) electrons. The van der Waals surface area contributed by atoms with Crippen LogP contribution in [0.3, 0.4) is 0 Å². The Labute approximate surface area is 97.5 Å². The van der Waals surface area contributed by atoms with Crippen LogP contribution in [0.1, 0.15) is 45.4 Å². The smallest absolute Gasteiger partial charge is 0.240 e. The summed E-state index contributed by atoms with van der Waals surface area (Å²) < 4.78 is 0. The number of rotatable bonds is 4. The van der Waals surface area contributed by atoms with E-state index in [9.17, 15) is 10.1 Å². The van der Waals surface area contributed by atoms with Crippen LogP contribution in [0.25, 0.3) is 0 Å². The normalized spacial score (nSPS) is 20.5. The molecule has 0 saturated heterocycles. The van der Waals surface area contributed by atoms with Crippen molar-refractivity contribution in [2.45, 2.75) is 51.5 Å². The fraction of sp³-hybridized carbons (Fsp3) is 0.692. The van der Waals surface area contributed by atoms with Gasteiger partial charge in [0.2, 0.25) is 5.91 Å². The zero-order valence-electron chi connectivity index (χ0n) is 9.96. The first-order valence-corrected chi connectivity index (χ1v) is 5.98. The van der Waals surface area contributed by atoms with Gasteiger partial charge in [-0.25, -0.2) is 0 Å². The molecular formula is C13H20N2O. The van der Waals surface area contributed by atoms with Crippen LogP contribution in [-0.2, 0) is 4.79 Å². The lowest BCUT2D eigenvalue weighted by atomic mass is 9.74. The van der Waals surface area contributed by atoms with Crippen LogP contribution >= 0.6 is 0 Å². The van der Waals surface area contributed by atoms with Gasteiger partial charge in [-0.15, -0.1) is 6.58 Å². The van der Waals surface area contributed by atoms with Crippen LogP contribution in [0.15, 0.2) is 12.7 Å². The highest BCUT2D eigenvalue weighted by atomic mass is 16.2. The molecule has 0 spiro atoms. The number of carbonyl (C=O) groups is 1. The van der Waals surface area contributed by atoms with Crippen molar-refractivity contribution in [3.05, 3.63) is 12.7 Å². The van der Waals surface area contributed by atoms with E-state index in [-0.39, 0.29) is 11.9 Å². The quantitative estimate of drug-likeness (QED) is 0.740. The second kappa shape index (κ2) is 5.69. The average molecular weight is 220 g/mol. The van der Waals surface area contributed by atoms with Crippen LogP contribution < -0.4 is 5.32 Å². The molecule has 1 rings (SSSR count). The number of nitrogens with zero attached hydrogens (tertiary/aromatic N) is 1. The summed E-state index contributed by atoms with van der Waals surface area (Å²) in [4.78, 5) is 12.1. The maximum absolute atomic E-state index is 12.1. The lowest BCUT2D eigenvalue weighted by Crippen LogP contribution is -2.44. The molecule has 0 heterocycles. The maximum Gasteiger partial charge on any atom is 0.240 e. The summed E-state index contributed by atoms with van der Waals surface area (Å²) in [6.45, 7) is 5.58. The highest BCUT2D eigenvalue weighted by Gasteiger charge is 2.39. The molecule has 1 amide bonds. The van der Waals surface area contributed by atoms with E-state index in [1.54, 1.807) is 6.08 Å². The van der Waals surface area contributed by atoms with Crippen molar-refractivity contribution < 1.29 is 4.79 Å². The first-order valence-electron chi connectivity index (χ1n) is 5.98. The molecule has 1 aliphatic rings. The monoisotopic (exact) mass is 220 g/mol. The number of hydrogen-bond acceptors (Lipinski definition) is 2. The van der Waals surface area contributed by atoms with Gasteiger partial charge in [0.25, 0.3) is 0 Å². The minimum Gasteiger partial charge on any atom is -0.352 e. The number of hydrogen-bond donors (Lipinski definition) is 1. The minimum atomic E-state index is -0.770. The largest absolute Gasteiger partial charge is 0.352 e. The van der Waals surface area contributed by atoms with E-state index in [0.29, 0.717) is 12.8 Å². The summed E-state index contributed by atoms with van der Waals surface area (Å²) >= 11 is 0. The van der Waals surface area contributed by atoms with Crippen molar-refractivity contribution in [3.8, 4) is 6.07 Å². The Morgan fingerprint density at radius 2 is 2.19 bits per heavy atom. The predicted molar refractivity (Wildman–Crippen MR) is 63.5 cm³/mol. The molecule has 1 unspecified atom stereocenters. The van der Waals surface area contributed by atoms with Crippen molar-refractivity contribution in [1.29, 1.82) is 5.26 Å². The Morgan fingerprint density at radius 1 is 1.56 bits per heavy atom. The first-order chi connectivity index (χ1) is 7.64. The number of carbonyl (C=O) groups excluding carboxylic acids is 1. The van der Waals surface area contributed by atoms with Crippen molar-refractivity contribution in [3.63, 3.8) is 0 Å². The number of nitriles is 1. The molecule has 1 saturated carbocycles. The fourth-order valence-corrected chi connectivity index (χ4v) is 2.22. The average Bonchev–Trinajstić information content (AvgIpc) is 2.30. The molecule has 0 bridgehead atoms. The summed E-state index contributed by atoms with van der Waals surface area (Å²) in [6.07, 6.45) is 7.04. The Morgan fingerprint density at radius 3 is 2.69 bits per heavy atom. The van der Waals surface area contributed by atoms with Gasteiger partial charge in [0.1, 0.15) is 5.41 Å². The van der Waals surface area contributed by atoms with E-state index >= 15 is 0 Å². The summed E-state index contributed by atoms with van der Waals surface area (Å²) in [5, 5.41) is 12.1. The minimum absolute atomic E-state index is 0.0668. The highest BCUT2D eigenvalue weighted by molar-refractivity contribution is 5.85. The molecule has 1 aliphatic carbocycles. The van der Waals surface area contributed by atoms with E-state index in [2.05, 4.69) is 18.0 Å². The highest BCUT2D eigenvalue weighted by Crippen LogP contribution is 2.35. The molecule has 0 aromatic heterocycles. The Kier molecular flexibility index (Phi) is 4.54. The summed E-state index contributed by atoms with van der Waals surface area (Å²) in [5.74, 6) is -0.0935. The van der Waals surface area contributed by atoms with Crippen LogP contribution in [0, 0.1) is 16.7 Å². The van der Waals surface area contributed by atoms with Crippen LogP contribution in [0.5, 0.6) is 0 Å². The van der Waals surface area contributed by atoms with Gasteiger partial charge in [0.15, 0.2) is 0 Å². The van der Waals surface area contributed by atoms with Crippen LogP contribution in [0.2, 0.25) is 0 Å². The van der Waals surface area contributed by atoms with Crippen molar-refractivity contribution in [1.82, 2.24) is 5.32 Å². The zero-order chi connectivity index (χ0) is 12.0. The molecule has 0 aromatic rings. The van der Waals surface area contributed by atoms with Crippen molar-refractivity contribution in [2.75, 3.05) is 0 Å². The van der Waals surface area contributed by atoms with Gasteiger partial charge in [-0.2, -0.15) is 5.26 Å². The van der Waals surface area contributed by atoms with Gasteiger partial charge in [0, 0.05) is 6.04 Å². The summed E-state index contributed by atoms with van der Waals surface area (Å²) in [6, 6.07) is 2.29. The van der Waals surface area contributed by atoms with E-state index in [0.717, 1.165) is 25.7 Å². The van der Waals surface area contributed by atoms with Gasteiger partial charge >= 0.3 is 0 Å².